The smallest absolute Gasteiger partial charge is 0.263 e. The third kappa shape index (κ3) is 3.97. The minimum atomic E-state index is -2.64. The summed E-state index contributed by atoms with van der Waals surface area (Å²) in [4.78, 5) is 5.65. The number of alkyl halides is 3. The summed E-state index contributed by atoms with van der Waals surface area (Å²) >= 11 is 0. The molecule has 0 aliphatic carbocycles. The Morgan fingerprint density at radius 3 is 2.71 bits per heavy atom. The highest BCUT2D eigenvalue weighted by Gasteiger charge is 2.43. The van der Waals surface area contributed by atoms with Crippen LogP contribution >= 0.6 is 0 Å². The van der Waals surface area contributed by atoms with Crippen LogP contribution in [-0.2, 0) is 6.54 Å². The zero-order valence-corrected chi connectivity index (χ0v) is 14.1. The van der Waals surface area contributed by atoms with E-state index < -0.39 is 23.8 Å². The third-order valence-electron chi connectivity index (χ3n) is 5.35. The van der Waals surface area contributed by atoms with Gasteiger partial charge in [-0.05, 0) is 37.7 Å². The van der Waals surface area contributed by atoms with Crippen molar-refractivity contribution >= 4 is 6.72 Å². The summed E-state index contributed by atoms with van der Waals surface area (Å²) in [6, 6.07) is 3.31. The summed E-state index contributed by atoms with van der Waals surface area (Å²) in [6.07, 6.45) is -3.11. The molecular formula is C18H24F4N2. The lowest BCUT2D eigenvalue weighted by Gasteiger charge is -2.45. The van der Waals surface area contributed by atoms with E-state index >= 15 is 0 Å². The molecule has 1 fully saturated rings. The van der Waals surface area contributed by atoms with Crippen molar-refractivity contribution in [2.75, 3.05) is 19.6 Å². The van der Waals surface area contributed by atoms with E-state index in [-0.39, 0.29) is 30.1 Å². The van der Waals surface area contributed by atoms with Gasteiger partial charge in [-0.15, -0.1) is 0 Å². The van der Waals surface area contributed by atoms with Crippen molar-refractivity contribution in [1.82, 2.24) is 4.90 Å². The van der Waals surface area contributed by atoms with Gasteiger partial charge in [-0.2, -0.15) is 0 Å². The molecule has 134 valence electrons. The Bertz CT molecular complexity index is 578. The van der Waals surface area contributed by atoms with Crippen LogP contribution in [0.25, 0.3) is 0 Å². The number of likely N-dealkylation sites (tertiary alicyclic amines) is 1. The Kier molecular flexibility index (Phi) is 6.01. The van der Waals surface area contributed by atoms with Gasteiger partial charge in [-0.1, -0.05) is 19.9 Å². The van der Waals surface area contributed by atoms with Crippen LogP contribution in [0.4, 0.5) is 17.6 Å². The van der Waals surface area contributed by atoms with E-state index in [1.165, 1.54) is 6.07 Å². The SMILES string of the molecule is C=NCC(C)C1(C)CCN(Cc2cc(C(F)F)ccc2F)CC1F. The van der Waals surface area contributed by atoms with E-state index in [2.05, 4.69) is 11.7 Å². The van der Waals surface area contributed by atoms with Gasteiger partial charge in [0.25, 0.3) is 6.43 Å². The van der Waals surface area contributed by atoms with Crippen LogP contribution in [0.3, 0.4) is 0 Å². The Morgan fingerprint density at radius 1 is 1.42 bits per heavy atom. The van der Waals surface area contributed by atoms with Crippen LogP contribution in [0.15, 0.2) is 23.2 Å². The number of nitrogens with zero attached hydrogens (tertiary/aromatic N) is 2. The first-order chi connectivity index (χ1) is 11.3. The van der Waals surface area contributed by atoms with E-state index in [1.807, 2.05) is 13.8 Å². The number of aliphatic imine (C=N–C) groups is 1. The predicted octanol–water partition coefficient (Wildman–Crippen LogP) is 4.65. The maximum atomic E-state index is 14.7. The average molecular weight is 344 g/mol. The second kappa shape index (κ2) is 7.64. The Labute approximate surface area is 140 Å². The number of piperidine rings is 1. The molecule has 0 spiro atoms. The van der Waals surface area contributed by atoms with E-state index in [1.54, 1.807) is 4.90 Å². The first-order valence-electron chi connectivity index (χ1n) is 8.13. The normalized spacial score (nSPS) is 26.5. The van der Waals surface area contributed by atoms with E-state index in [0.717, 1.165) is 12.1 Å². The first kappa shape index (κ1) is 18.9. The zero-order valence-electron chi connectivity index (χ0n) is 14.1. The largest absolute Gasteiger partial charge is 0.301 e. The zero-order chi connectivity index (χ0) is 17.9. The minimum absolute atomic E-state index is 0.0612. The first-order valence-corrected chi connectivity index (χ1v) is 8.13. The molecule has 1 heterocycles. The molecule has 24 heavy (non-hydrogen) atoms. The fourth-order valence-electron chi connectivity index (χ4n) is 3.28. The number of hydrogen-bond donors (Lipinski definition) is 0. The summed E-state index contributed by atoms with van der Waals surface area (Å²) in [6.45, 7) is 8.73. The van der Waals surface area contributed by atoms with Crippen molar-refractivity contribution in [1.29, 1.82) is 0 Å². The molecular weight excluding hydrogens is 320 g/mol. The fourth-order valence-corrected chi connectivity index (χ4v) is 3.28. The second-order valence-electron chi connectivity index (χ2n) is 6.92. The highest BCUT2D eigenvalue weighted by Crippen LogP contribution is 2.41. The Hall–Kier alpha value is -1.43. The molecule has 3 unspecified atom stereocenters. The molecule has 2 nitrogen and oxygen atoms in total. The lowest BCUT2D eigenvalue weighted by atomic mass is 9.69. The molecule has 6 heteroatoms. The quantitative estimate of drug-likeness (QED) is 0.542. The Morgan fingerprint density at radius 2 is 2.12 bits per heavy atom. The van der Waals surface area contributed by atoms with Gasteiger partial charge >= 0.3 is 0 Å². The number of hydrogen-bond acceptors (Lipinski definition) is 2. The Balaban J connectivity index is 2.07. The minimum Gasteiger partial charge on any atom is -0.301 e. The number of halogens is 4. The van der Waals surface area contributed by atoms with Crippen LogP contribution in [0.5, 0.6) is 0 Å². The van der Waals surface area contributed by atoms with Crippen molar-refractivity contribution in [3.8, 4) is 0 Å². The molecule has 3 atom stereocenters. The van der Waals surface area contributed by atoms with Gasteiger partial charge < -0.3 is 4.99 Å². The lowest BCUT2D eigenvalue weighted by molar-refractivity contribution is -0.0176. The summed E-state index contributed by atoms with van der Waals surface area (Å²) < 4.78 is 54.2. The van der Waals surface area contributed by atoms with Gasteiger partial charge in [0.05, 0.1) is 0 Å². The predicted molar refractivity (Wildman–Crippen MR) is 87.8 cm³/mol. The molecule has 0 radical (unpaired) electrons. The maximum Gasteiger partial charge on any atom is 0.263 e. The summed E-state index contributed by atoms with van der Waals surface area (Å²) in [5.74, 6) is -0.474. The molecule has 0 bridgehead atoms. The van der Waals surface area contributed by atoms with Crippen LogP contribution in [-0.4, -0.2) is 37.4 Å². The molecule has 1 saturated heterocycles. The van der Waals surface area contributed by atoms with Crippen LogP contribution in [0.1, 0.15) is 37.8 Å². The monoisotopic (exact) mass is 344 g/mol. The fraction of sp³-hybridized carbons (Fsp3) is 0.611. The molecule has 1 aromatic carbocycles. The van der Waals surface area contributed by atoms with Gasteiger partial charge in [-0.3, -0.25) is 4.90 Å². The van der Waals surface area contributed by atoms with Gasteiger partial charge in [0.15, 0.2) is 0 Å². The van der Waals surface area contributed by atoms with Crippen molar-refractivity contribution in [3.63, 3.8) is 0 Å². The molecule has 1 aliphatic heterocycles. The van der Waals surface area contributed by atoms with Crippen LogP contribution in [0, 0.1) is 17.2 Å². The average Bonchev–Trinajstić information content (AvgIpc) is 2.53. The van der Waals surface area contributed by atoms with Gasteiger partial charge in [0.1, 0.15) is 12.0 Å². The lowest BCUT2D eigenvalue weighted by Crippen LogP contribution is -2.50. The van der Waals surface area contributed by atoms with Gasteiger partial charge in [-0.25, -0.2) is 17.6 Å². The standard InChI is InChI=1S/C18H24F4N2/c1-12(9-23-3)18(2)6-7-24(11-16(18)20)10-14-8-13(17(21)22)4-5-15(14)19/h4-5,8,12,16-17H,3,6-7,9-11H2,1-2H3. The molecule has 0 saturated carbocycles. The summed E-state index contributed by atoms with van der Waals surface area (Å²) in [5.41, 5.74) is -0.527. The van der Waals surface area contributed by atoms with Gasteiger partial charge in [0, 0.05) is 36.2 Å². The topological polar surface area (TPSA) is 15.6 Å². The van der Waals surface area contributed by atoms with Crippen molar-refractivity contribution < 1.29 is 17.6 Å². The van der Waals surface area contributed by atoms with Crippen LogP contribution in [0.2, 0.25) is 0 Å². The molecule has 1 aliphatic rings. The highest BCUT2D eigenvalue weighted by atomic mass is 19.3. The maximum absolute atomic E-state index is 14.7. The summed E-state index contributed by atoms with van der Waals surface area (Å²) in [7, 11) is 0. The van der Waals surface area contributed by atoms with Crippen molar-refractivity contribution in [2.24, 2.45) is 16.3 Å². The summed E-state index contributed by atoms with van der Waals surface area (Å²) in [5, 5.41) is 0. The van der Waals surface area contributed by atoms with Crippen LogP contribution < -0.4 is 0 Å². The van der Waals surface area contributed by atoms with E-state index in [0.29, 0.717) is 19.5 Å². The molecule has 2 rings (SSSR count). The molecule has 0 aromatic heterocycles. The second-order valence-corrected chi connectivity index (χ2v) is 6.92. The molecule has 0 amide bonds. The number of benzene rings is 1. The highest BCUT2D eigenvalue weighted by molar-refractivity contribution is 5.26. The third-order valence-corrected chi connectivity index (χ3v) is 5.35. The molecule has 1 aromatic rings. The van der Waals surface area contributed by atoms with E-state index in [4.69, 9.17) is 0 Å². The van der Waals surface area contributed by atoms with Gasteiger partial charge in [0.2, 0.25) is 0 Å². The number of rotatable bonds is 6. The van der Waals surface area contributed by atoms with E-state index in [9.17, 15) is 17.6 Å². The molecule has 0 N–H and O–H groups in total. The van der Waals surface area contributed by atoms with Crippen molar-refractivity contribution in [3.05, 3.63) is 35.1 Å². The van der Waals surface area contributed by atoms with Crippen molar-refractivity contribution in [2.45, 2.75) is 39.4 Å².